The lowest BCUT2D eigenvalue weighted by atomic mass is 9.76. The molecule has 1 aliphatic rings. The zero-order valence-electron chi connectivity index (χ0n) is 58.2. The Bertz CT molecular complexity index is 3460. The minimum atomic E-state index is -0.639. The number of unbranched alkanes of at least 4 members (excludes halogenated alkanes) is 8. The van der Waals surface area contributed by atoms with Crippen molar-refractivity contribution in [3.8, 4) is 0 Å². The van der Waals surface area contributed by atoms with Crippen molar-refractivity contribution < 1.29 is 38.4 Å². The number of urea groups is 4. The Balaban J connectivity index is 1.26. The zero-order valence-corrected chi connectivity index (χ0v) is 58.2. The predicted molar refractivity (Wildman–Crippen MR) is 394 cm³/mol. The maximum absolute atomic E-state index is 13.9. The van der Waals surface area contributed by atoms with Crippen LogP contribution in [0.1, 0.15) is 262 Å². The summed E-state index contributed by atoms with van der Waals surface area (Å²) in [6, 6.07) is 58.7. The van der Waals surface area contributed by atoms with Crippen molar-refractivity contribution in [3.05, 3.63) is 283 Å². The molecular formula is C84H96N8O8. The van der Waals surface area contributed by atoms with Gasteiger partial charge in [-0.25, -0.2) is 19.2 Å². The Morgan fingerprint density at radius 3 is 0.600 bits per heavy atom. The lowest BCUT2D eigenvalue weighted by molar-refractivity contribution is 0.0954. The largest absolute Gasteiger partial charge is 0.334 e. The Labute approximate surface area is 589 Å². The van der Waals surface area contributed by atoms with Gasteiger partial charge in [0.25, 0.3) is 23.6 Å². The van der Waals surface area contributed by atoms with Gasteiger partial charge in [0, 0.05) is 72.1 Å². The van der Waals surface area contributed by atoms with Gasteiger partial charge in [-0.05, 0) is 141 Å². The first-order valence-electron chi connectivity index (χ1n) is 35.8. The molecule has 8 aromatic rings. The summed E-state index contributed by atoms with van der Waals surface area (Å²) in [5.41, 5.74) is 12.9. The van der Waals surface area contributed by atoms with Gasteiger partial charge in [-0.1, -0.05) is 250 Å². The highest BCUT2D eigenvalue weighted by Gasteiger charge is 2.28. The van der Waals surface area contributed by atoms with Crippen LogP contribution in [0.3, 0.4) is 0 Å². The SMILES string of the molecule is CCCCCC1c2cc(CNC(=O)NC(=O)c3ccccc3)cc(c2)C(CCCCC)c2cc(CNC(=O)NC(=O)c3ccccc3)cc(c2)C(CCCCC)c2cc(CNC(=O)NC(=O)c3ccccc3)cc(c2)C(CCCCC)c2cc(CNC(=O)NC(=O)c3ccccc3)cc1c2. The third-order valence-corrected chi connectivity index (χ3v) is 18.6. The number of carbonyl (C=O) groups is 8. The van der Waals surface area contributed by atoms with Crippen LogP contribution in [0.2, 0.25) is 0 Å². The molecule has 0 heterocycles. The molecule has 1 aliphatic carbocycles. The van der Waals surface area contributed by atoms with Crippen molar-refractivity contribution in [2.75, 3.05) is 0 Å². The highest BCUT2D eigenvalue weighted by atomic mass is 16.2. The molecule has 0 aliphatic heterocycles. The number of imide groups is 4. The van der Waals surface area contributed by atoms with E-state index in [-0.39, 0.29) is 49.9 Å². The number of fused-ring (bicyclic) bond motifs is 8. The number of nitrogens with one attached hydrogen (secondary N) is 8. The van der Waals surface area contributed by atoms with Crippen LogP contribution < -0.4 is 42.5 Å². The molecule has 16 heteroatoms. The molecule has 16 nitrogen and oxygen atoms in total. The van der Waals surface area contributed by atoms with E-state index in [1.54, 1.807) is 97.1 Å². The molecule has 8 bridgehead atoms. The van der Waals surface area contributed by atoms with Crippen molar-refractivity contribution in [1.82, 2.24) is 42.5 Å². The monoisotopic (exact) mass is 1340 g/mol. The highest BCUT2D eigenvalue weighted by molar-refractivity contribution is 6.06. The molecule has 12 amide bonds. The second-order valence-electron chi connectivity index (χ2n) is 26.2. The average molecular weight is 1350 g/mol. The summed E-state index contributed by atoms with van der Waals surface area (Å²) in [5, 5.41) is 22.3. The summed E-state index contributed by atoms with van der Waals surface area (Å²) in [6.45, 7) is 9.11. The van der Waals surface area contributed by atoms with Crippen LogP contribution in [-0.2, 0) is 26.2 Å². The lowest BCUT2D eigenvalue weighted by Crippen LogP contribution is -2.39. The van der Waals surface area contributed by atoms with E-state index in [1.165, 1.54) is 0 Å². The molecule has 520 valence electrons. The fraction of sp³-hybridized carbons (Fsp3) is 0.333. The van der Waals surface area contributed by atoms with Gasteiger partial charge in [0.2, 0.25) is 0 Å². The number of rotatable bonds is 28. The molecule has 0 fully saturated rings. The number of carbonyl (C=O) groups excluding carboxylic acids is 8. The molecule has 0 unspecified atom stereocenters. The third kappa shape index (κ3) is 21.8. The standard InChI is InChI=1S/C84H96N8O8/c1-5-9-17-37-73-65-41-57(53-85-81(97)89-77(93)61-29-21-13-22-30-61)43-67(49-65)74(38-18-10-6-2)69-45-59(55-87-83(99)91-79(95)63-33-25-15-26-34-63)47-71(51-69)76(40-20-12-8-4)72-48-60(56-88-84(100)92-80(96)64-35-27-16-28-36-64)46-70(52-72)75(39-19-11-7-3)68-44-58(42-66(73)50-68)54-86-82(98)90-78(94)62-31-23-14-24-32-62/h13-16,21-36,41-52,73-76H,5-12,17-20,37-40,53-56H2,1-4H3,(H2,85,89,93,97)(H2,86,90,94,98)(H2,87,91,95,99)(H2,88,92,96,100). The van der Waals surface area contributed by atoms with Gasteiger partial charge in [-0.15, -0.1) is 0 Å². The Morgan fingerprint density at radius 1 is 0.250 bits per heavy atom. The van der Waals surface area contributed by atoms with Crippen molar-refractivity contribution in [2.24, 2.45) is 0 Å². The molecule has 8 N–H and O–H groups in total. The zero-order chi connectivity index (χ0) is 70.6. The van der Waals surface area contributed by atoms with Crippen molar-refractivity contribution >= 4 is 47.8 Å². The molecule has 0 radical (unpaired) electrons. The number of amides is 12. The molecule has 0 aromatic heterocycles. The minimum absolute atomic E-state index is 0.0893. The van der Waals surface area contributed by atoms with Crippen LogP contribution in [-0.4, -0.2) is 47.8 Å². The van der Waals surface area contributed by atoms with Gasteiger partial charge in [0.05, 0.1) is 0 Å². The second-order valence-corrected chi connectivity index (χ2v) is 26.2. The molecule has 0 atom stereocenters. The Kier molecular flexibility index (Phi) is 28.1. The van der Waals surface area contributed by atoms with E-state index in [0.717, 1.165) is 169 Å². The van der Waals surface area contributed by atoms with Crippen LogP contribution in [0.5, 0.6) is 0 Å². The van der Waals surface area contributed by atoms with Crippen LogP contribution in [0, 0.1) is 0 Å². The van der Waals surface area contributed by atoms with Gasteiger partial charge < -0.3 is 21.3 Å². The van der Waals surface area contributed by atoms with Gasteiger partial charge >= 0.3 is 24.1 Å². The second kappa shape index (κ2) is 38.0. The summed E-state index contributed by atoms with van der Waals surface area (Å²) in [7, 11) is 0. The molecule has 0 saturated carbocycles. The van der Waals surface area contributed by atoms with Gasteiger partial charge in [-0.3, -0.25) is 40.4 Å². The first kappa shape index (κ1) is 73.8. The topological polar surface area (TPSA) is 233 Å². The van der Waals surface area contributed by atoms with Crippen molar-refractivity contribution in [1.29, 1.82) is 0 Å². The molecule has 8 aromatic carbocycles. The van der Waals surface area contributed by atoms with Gasteiger partial charge in [-0.2, -0.15) is 0 Å². The fourth-order valence-corrected chi connectivity index (χ4v) is 13.5. The highest BCUT2D eigenvalue weighted by Crippen LogP contribution is 2.43. The molecule has 100 heavy (non-hydrogen) atoms. The summed E-state index contributed by atoms with van der Waals surface area (Å²) >= 11 is 0. The van der Waals surface area contributed by atoms with E-state index in [1.807, 2.05) is 24.3 Å². The molecular weight excluding hydrogens is 1250 g/mol. The van der Waals surface area contributed by atoms with E-state index >= 15 is 0 Å². The number of hydrogen-bond acceptors (Lipinski definition) is 8. The Hall–Kier alpha value is -10.5. The summed E-state index contributed by atoms with van der Waals surface area (Å²) in [5.74, 6) is -2.99. The first-order valence-corrected chi connectivity index (χ1v) is 35.8. The van der Waals surface area contributed by atoms with Crippen LogP contribution in [0.25, 0.3) is 0 Å². The minimum Gasteiger partial charge on any atom is -0.334 e. The third-order valence-electron chi connectivity index (χ3n) is 18.6. The summed E-state index contributed by atoms with van der Waals surface area (Å²) < 4.78 is 0. The Morgan fingerprint density at radius 2 is 0.430 bits per heavy atom. The van der Waals surface area contributed by atoms with Crippen molar-refractivity contribution in [3.63, 3.8) is 0 Å². The number of hydrogen-bond donors (Lipinski definition) is 8. The van der Waals surface area contributed by atoms with E-state index < -0.39 is 47.8 Å². The smallest absolute Gasteiger partial charge is 0.321 e. The van der Waals surface area contributed by atoms with E-state index in [0.29, 0.717) is 22.3 Å². The first-order chi connectivity index (χ1) is 48.7. The van der Waals surface area contributed by atoms with Gasteiger partial charge in [0.15, 0.2) is 0 Å². The van der Waals surface area contributed by atoms with Gasteiger partial charge in [0.1, 0.15) is 0 Å². The van der Waals surface area contributed by atoms with E-state index in [4.69, 9.17) is 0 Å². The number of benzene rings is 8. The molecule has 0 saturated heterocycles. The van der Waals surface area contributed by atoms with Crippen LogP contribution in [0.4, 0.5) is 19.2 Å². The van der Waals surface area contributed by atoms with Crippen molar-refractivity contribution in [2.45, 2.75) is 180 Å². The average Bonchev–Trinajstić information content (AvgIpc) is 0.778. The fourth-order valence-electron chi connectivity index (χ4n) is 13.5. The summed E-state index contributed by atoms with van der Waals surface area (Å²) in [4.78, 5) is 109. The van der Waals surface area contributed by atoms with Crippen LogP contribution >= 0.6 is 0 Å². The summed E-state index contributed by atoms with van der Waals surface area (Å²) in [6.07, 6.45) is 14.3. The van der Waals surface area contributed by atoms with Crippen LogP contribution in [0.15, 0.2) is 194 Å². The van der Waals surface area contributed by atoms with E-state index in [2.05, 4.69) is 143 Å². The lowest BCUT2D eigenvalue weighted by Gasteiger charge is -2.29. The normalized spacial score (nSPS) is 14.5. The molecule has 0 spiro atoms. The molecule has 9 rings (SSSR count). The van der Waals surface area contributed by atoms with E-state index in [9.17, 15) is 38.4 Å². The quantitative estimate of drug-likeness (QED) is 0.0219. The predicted octanol–water partition coefficient (Wildman–Crippen LogP) is 17.4. The maximum atomic E-state index is 13.9. The maximum Gasteiger partial charge on any atom is 0.321 e.